The number of sulfone groups is 1. The molecule has 42 heavy (non-hydrogen) atoms. The van der Waals surface area contributed by atoms with Crippen LogP contribution in [0.25, 0.3) is 11.4 Å². The maximum Gasteiger partial charge on any atom is 0.573 e. The quantitative estimate of drug-likeness (QED) is 0.245. The number of nitrogens with zero attached hydrogens (tertiary/aromatic N) is 5. The van der Waals surface area contributed by atoms with Gasteiger partial charge in [0.1, 0.15) is 17.2 Å². The van der Waals surface area contributed by atoms with Gasteiger partial charge in [-0.1, -0.05) is 13.0 Å². The highest BCUT2D eigenvalue weighted by Crippen LogP contribution is 2.37. The van der Waals surface area contributed by atoms with Crippen molar-refractivity contribution in [2.24, 2.45) is 7.05 Å². The fourth-order valence-corrected chi connectivity index (χ4v) is 5.14. The van der Waals surface area contributed by atoms with E-state index >= 15 is 0 Å². The maximum absolute atomic E-state index is 13.4. The van der Waals surface area contributed by atoms with Gasteiger partial charge in [-0.3, -0.25) is 4.68 Å². The van der Waals surface area contributed by atoms with Crippen LogP contribution < -0.4 is 9.64 Å². The minimum Gasteiger partial charge on any atom is -0.443 e. The maximum atomic E-state index is 13.4. The predicted molar refractivity (Wildman–Crippen MR) is 143 cm³/mol. The van der Waals surface area contributed by atoms with E-state index in [1.165, 1.54) is 30.8 Å². The number of esters is 1. The lowest BCUT2D eigenvalue weighted by Crippen LogP contribution is -2.40. The van der Waals surface area contributed by atoms with Gasteiger partial charge in [-0.15, -0.1) is 13.2 Å². The third kappa shape index (κ3) is 7.21. The number of halogens is 3. The summed E-state index contributed by atoms with van der Waals surface area (Å²) in [7, 11) is -2.55. The van der Waals surface area contributed by atoms with E-state index in [1.54, 1.807) is 31.6 Å². The largest absolute Gasteiger partial charge is 0.573 e. The Kier molecular flexibility index (Phi) is 8.31. The highest BCUT2D eigenvalue weighted by atomic mass is 32.2. The topological polar surface area (TPSA) is 135 Å². The molecule has 2 heterocycles. The molecule has 0 atom stereocenters. The van der Waals surface area contributed by atoms with E-state index in [0.29, 0.717) is 5.56 Å². The molecule has 228 valence electrons. The highest BCUT2D eigenvalue weighted by Gasteiger charge is 2.36. The van der Waals surface area contributed by atoms with Gasteiger partial charge in [-0.05, 0) is 51.8 Å². The Morgan fingerprint density at radius 1 is 1.17 bits per heavy atom. The van der Waals surface area contributed by atoms with Crippen molar-refractivity contribution in [3.8, 4) is 17.1 Å². The first-order chi connectivity index (χ1) is 19.5. The molecule has 0 aliphatic heterocycles. The van der Waals surface area contributed by atoms with Crippen molar-refractivity contribution in [2.45, 2.75) is 63.6 Å². The molecule has 1 amide bonds. The number of rotatable bonds is 9. The van der Waals surface area contributed by atoms with E-state index < -0.39 is 46.3 Å². The number of carbonyl (C=O) groups is 2. The Balaban J connectivity index is 1.73. The molecule has 0 bridgehead atoms. The molecule has 1 saturated carbocycles. The van der Waals surface area contributed by atoms with Crippen molar-refractivity contribution in [2.75, 3.05) is 17.4 Å². The van der Waals surface area contributed by atoms with Crippen LogP contribution in [0.4, 0.5) is 23.8 Å². The number of imidazole rings is 1. The molecular weight excluding hydrogens is 583 g/mol. The van der Waals surface area contributed by atoms with Gasteiger partial charge in [0, 0.05) is 13.2 Å². The summed E-state index contributed by atoms with van der Waals surface area (Å²) in [5, 5.41) is 3.99. The molecule has 16 heteroatoms. The lowest BCUT2D eigenvalue weighted by atomic mass is 10.2. The molecule has 0 radical (unpaired) electrons. The van der Waals surface area contributed by atoms with Crippen molar-refractivity contribution in [3.63, 3.8) is 0 Å². The average molecular weight is 614 g/mol. The predicted octanol–water partition coefficient (Wildman–Crippen LogP) is 4.87. The lowest BCUT2D eigenvalue weighted by Gasteiger charge is -2.26. The zero-order chi connectivity index (χ0) is 31.0. The molecule has 1 aliphatic carbocycles. The second kappa shape index (κ2) is 11.3. The van der Waals surface area contributed by atoms with E-state index in [4.69, 9.17) is 9.47 Å². The van der Waals surface area contributed by atoms with E-state index in [2.05, 4.69) is 14.8 Å². The summed E-state index contributed by atoms with van der Waals surface area (Å²) in [5.41, 5.74) is -0.850. The van der Waals surface area contributed by atoms with Gasteiger partial charge in [-0.2, -0.15) is 5.10 Å². The Morgan fingerprint density at radius 3 is 2.45 bits per heavy atom. The van der Waals surface area contributed by atoms with Gasteiger partial charge in [0.25, 0.3) is 0 Å². The summed E-state index contributed by atoms with van der Waals surface area (Å²) < 4.78 is 82.1. The first-order valence-electron chi connectivity index (χ1n) is 12.9. The smallest absolute Gasteiger partial charge is 0.443 e. The van der Waals surface area contributed by atoms with Crippen molar-refractivity contribution in [3.05, 3.63) is 42.2 Å². The molecule has 0 saturated heterocycles. The van der Waals surface area contributed by atoms with Crippen LogP contribution in [0.3, 0.4) is 0 Å². The monoisotopic (exact) mass is 613 g/mol. The second-order valence-electron chi connectivity index (χ2n) is 10.5. The summed E-state index contributed by atoms with van der Waals surface area (Å²) in [6, 6.07) is 4.40. The fraction of sp³-hybridized carbons (Fsp3) is 0.462. The van der Waals surface area contributed by atoms with Crippen LogP contribution in [0.5, 0.6) is 5.75 Å². The van der Waals surface area contributed by atoms with Gasteiger partial charge in [-0.25, -0.2) is 27.9 Å². The van der Waals surface area contributed by atoms with E-state index in [0.717, 1.165) is 35.9 Å². The van der Waals surface area contributed by atoms with E-state index in [1.807, 2.05) is 0 Å². The first kappa shape index (κ1) is 30.9. The molecule has 3 aromatic rings. The Bertz CT molecular complexity index is 1590. The summed E-state index contributed by atoms with van der Waals surface area (Å²) in [6.45, 7) is 5.30. The number of aromatic nitrogens is 4. The molecular formula is C26H30F3N5O7S. The number of anilines is 1. The standard InChI is InChI=1S/C26H30F3N5O7S/c1-6-42(37,38)22-21(31-20(32(22)5)17-13-30-34(14-17)18-10-11-18)33(24(36)41-25(2,3)4)15-39-23(35)16-8-7-9-19(12-16)40-26(27,28)29/h7-9,12-14,18H,6,10-11,15H2,1-5H3. The third-order valence-electron chi connectivity index (χ3n) is 5.98. The first-order valence-corrected chi connectivity index (χ1v) is 14.5. The number of hydrogen-bond donors (Lipinski definition) is 0. The summed E-state index contributed by atoms with van der Waals surface area (Å²) >= 11 is 0. The normalized spacial score (nSPS) is 14.0. The molecule has 4 rings (SSSR count). The minimum absolute atomic E-state index is 0.181. The van der Waals surface area contributed by atoms with Gasteiger partial charge in [0.05, 0.1) is 29.1 Å². The van der Waals surface area contributed by atoms with Crippen LogP contribution >= 0.6 is 0 Å². The van der Waals surface area contributed by atoms with Crippen LogP contribution in [-0.2, 0) is 26.4 Å². The van der Waals surface area contributed by atoms with Gasteiger partial charge in [0.15, 0.2) is 27.4 Å². The highest BCUT2D eigenvalue weighted by molar-refractivity contribution is 7.91. The molecule has 12 nitrogen and oxygen atoms in total. The van der Waals surface area contributed by atoms with Gasteiger partial charge in [0.2, 0.25) is 0 Å². The van der Waals surface area contributed by atoms with Crippen molar-refractivity contribution >= 4 is 27.7 Å². The zero-order valence-electron chi connectivity index (χ0n) is 23.5. The van der Waals surface area contributed by atoms with Crippen LogP contribution in [0.15, 0.2) is 41.7 Å². The molecule has 0 spiro atoms. The molecule has 1 aromatic carbocycles. The van der Waals surface area contributed by atoms with Crippen LogP contribution in [0.2, 0.25) is 0 Å². The molecule has 0 unspecified atom stereocenters. The fourth-order valence-electron chi connectivity index (χ4n) is 3.92. The van der Waals surface area contributed by atoms with Crippen molar-refractivity contribution < 1.29 is 45.4 Å². The molecule has 1 fully saturated rings. The summed E-state index contributed by atoms with van der Waals surface area (Å²) in [4.78, 5) is 31.4. The number of hydrogen-bond acceptors (Lipinski definition) is 9. The number of ether oxygens (including phenoxy) is 3. The molecule has 2 aromatic heterocycles. The Labute approximate surface area is 239 Å². The van der Waals surface area contributed by atoms with Crippen LogP contribution in [-0.4, -0.2) is 64.3 Å². The van der Waals surface area contributed by atoms with Crippen LogP contribution in [0, 0.1) is 0 Å². The molecule has 0 N–H and O–H groups in total. The van der Waals surface area contributed by atoms with Crippen LogP contribution in [0.1, 0.15) is 56.9 Å². The Hall–Kier alpha value is -4.08. The van der Waals surface area contributed by atoms with Gasteiger partial charge >= 0.3 is 18.4 Å². The lowest BCUT2D eigenvalue weighted by molar-refractivity contribution is -0.274. The SMILES string of the molecule is CCS(=O)(=O)c1c(N(COC(=O)c2cccc(OC(F)(F)F)c2)C(=O)OC(C)(C)C)nc(-c2cnn(C3CC3)c2)n1C. The summed E-state index contributed by atoms with van der Waals surface area (Å²) in [6.07, 6.45) is -0.879. The number of carbonyl (C=O) groups excluding carboxylic acids is 2. The number of alkyl halides is 3. The number of amides is 1. The van der Waals surface area contributed by atoms with E-state index in [9.17, 15) is 31.2 Å². The van der Waals surface area contributed by atoms with Crippen molar-refractivity contribution in [1.82, 2.24) is 19.3 Å². The average Bonchev–Trinajstić information content (AvgIpc) is 3.50. The number of benzene rings is 1. The van der Waals surface area contributed by atoms with Gasteiger partial charge < -0.3 is 18.8 Å². The minimum atomic E-state index is -4.98. The Morgan fingerprint density at radius 2 is 1.86 bits per heavy atom. The third-order valence-corrected chi connectivity index (χ3v) is 7.78. The van der Waals surface area contributed by atoms with Crippen molar-refractivity contribution in [1.29, 1.82) is 0 Å². The van der Waals surface area contributed by atoms with E-state index in [-0.39, 0.29) is 34.0 Å². The molecule has 1 aliphatic rings. The second-order valence-corrected chi connectivity index (χ2v) is 12.7. The summed E-state index contributed by atoms with van der Waals surface area (Å²) in [5.74, 6) is -2.28. The zero-order valence-corrected chi connectivity index (χ0v) is 24.3.